The molecule has 0 saturated heterocycles. The van der Waals surface area contributed by atoms with E-state index in [1.54, 1.807) is 0 Å². The Morgan fingerprint density at radius 1 is 1.14 bits per heavy atom. The SMILES string of the molecule is CCc1nn(CC)c(CNCc2ccc(CO)cc2)c1Cl. The van der Waals surface area contributed by atoms with Gasteiger partial charge in [-0.15, -0.1) is 0 Å². The van der Waals surface area contributed by atoms with Crippen molar-refractivity contribution >= 4 is 11.6 Å². The number of halogens is 1. The van der Waals surface area contributed by atoms with E-state index >= 15 is 0 Å². The number of hydrogen-bond donors (Lipinski definition) is 2. The fourth-order valence-corrected chi connectivity index (χ4v) is 2.61. The molecule has 0 aliphatic heterocycles. The fourth-order valence-electron chi connectivity index (χ4n) is 2.27. The van der Waals surface area contributed by atoms with Crippen LogP contribution in [0.15, 0.2) is 24.3 Å². The molecule has 0 aliphatic carbocycles. The van der Waals surface area contributed by atoms with Crippen LogP contribution < -0.4 is 5.32 Å². The highest BCUT2D eigenvalue weighted by atomic mass is 35.5. The van der Waals surface area contributed by atoms with Crippen LogP contribution in [0.2, 0.25) is 5.02 Å². The van der Waals surface area contributed by atoms with Crippen LogP contribution in [-0.4, -0.2) is 14.9 Å². The summed E-state index contributed by atoms with van der Waals surface area (Å²) in [6, 6.07) is 7.93. The van der Waals surface area contributed by atoms with Crippen LogP contribution in [0.25, 0.3) is 0 Å². The van der Waals surface area contributed by atoms with Gasteiger partial charge in [0.2, 0.25) is 0 Å². The molecular formula is C16H22ClN3O. The number of aryl methyl sites for hydroxylation is 2. The molecule has 4 nitrogen and oxygen atoms in total. The van der Waals surface area contributed by atoms with Gasteiger partial charge in [-0.3, -0.25) is 4.68 Å². The largest absolute Gasteiger partial charge is 0.392 e. The van der Waals surface area contributed by atoms with Gasteiger partial charge in [-0.05, 0) is 24.5 Å². The molecule has 0 saturated carbocycles. The minimum atomic E-state index is 0.0821. The molecule has 114 valence electrons. The Bertz CT molecular complexity index is 578. The van der Waals surface area contributed by atoms with Crippen LogP contribution in [0, 0.1) is 0 Å². The Hall–Kier alpha value is -1.36. The van der Waals surface area contributed by atoms with Crippen molar-refractivity contribution in [3.8, 4) is 0 Å². The first-order chi connectivity index (χ1) is 10.2. The summed E-state index contributed by atoms with van der Waals surface area (Å²) >= 11 is 6.38. The van der Waals surface area contributed by atoms with Crippen LogP contribution in [0.3, 0.4) is 0 Å². The molecule has 0 spiro atoms. The molecule has 0 radical (unpaired) electrons. The van der Waals surface area contributed by atoms with Crippen LogP contribution in [0.1, 0.15) is 36.4 Å². The minimum absolute atomic E-state index is 0.0821. The van der Waals surface area contributed by atoms with Crippen molar-refractivity contribution in [1.29, 1.82) is 0 Å². The Morgan fingerprint density at radius 2 is 1.81 bits per heavy atom. The molecule has 2 N–H and O–H groups in total. The number of rotatable bonds is 7. The van der Waals surface area contributed by atoms with Gasteiger partial charge in [-0.25, -0.2) is 0 Å². The van der Waals surface area contributed by atoms with Crippen LogP contribution in [0.4, 0.5) is 0 Å². The van der Waals surface area contributed by atoms with Gasteiger partial charge in [-0.2, -0.15) is 5.10 Å². The van der Waals surface area contributed by atoms with Gasteiger partial charge in [0, 0.05) is 19.6 Å². The average Bonchev–Trinajstić information content (AvgIpc) is 2.84. The van der Waals surface area contributed by atoms with Crippen molar-refractivity contribution in [3.05, 3.63) is 51.8 Å². The zero-order chi connectivity index (χ0) is 15.2. The zero-order valence-electron chi connectivity index (χ0n) is 12.6. The van der Waals surface area contributed by atoms with E-state index in [2.05, 4.69) is 24.3 Å². The smallest absolute Gasteiger partial charge is 0.0863 e. The summed E-state index contributed by atoms with van der Waals surface area (Å²) in [4.78, 5) is 0. The first kappa shape index (κ1) is 16.0. The Labute approximate surface area is 130 Å². The van der Waals surface area contributed by atoms with Crippen molar-refractivity contribution < 1.29 is 5.11 Å². The second-order valence-corrected chi connectivity index (χ2v) is 5.33. The first-order valence-electron chi connectivity index (χ1n) is 7.33. The van der Waals surface area contributed by atoms with Crippen LogP contribution in [0.5, 0.6) is 0 Å². The number of aromatic nitrogens is 2. The van der Waals surface area contributed by atoms with E-state index in [-0.39, 0.29) is 6.61 Å². The molecule has 0 aliphatic rings. The third-order valence-corrected chi connectivity index (χ3v) is 3.96. The predicted octanol–water partition coefficient (Wildman–Crippen LogP) is 2.90. The Balaban J connectivity index is 1.97. The topological polar surface area (TPSA) is 50.1 Å². The fraction of sp³-hybridized carbons (Fsp3) is 0.438. The third-order valence-electron chi connectivity index (χ3n) is 3.52. The van der Waals surface area contributed by atoms with Crippen molar-refractivity contribution in [2.75, 3.05) is 0 Å². The Morgan fingerprint density at radius 3 is 2.38 bits per heavy atom. The van der Waals surface area contributed by atoms with Gasteiger partial charge in [-0.1, -0.05) is 42.8 Å². The predicted molar refractivity (Wildman–Crippen MR) is 85.2 cm³/mol. The molecule has 1 heterocycles. The summed E-state index contributed by atoms with van der Waals surface area (Å²) < 4.78 is 1.96. The van der Waals surface area contributed by atoms with Crippen molar-refractivity contribution in [3.63, 3.8) is 0 Å². The summed E-state index contributed by atoms with van der Waals surface area (Å²) in [5, 5.41) is 17.7. The van der Waals surface area contributed by atoms with Gasteiger partial charge in [0.1, 0.15) is 0 Å². The van der Waals surface area contributed by atoms with Gasteiger partial charge >= 0.3 is 0 Å². The van der Waals surface area contributed by atoms with Gasteiger partial charge in [0.25, 0.3) is 0 Å². The molecule has 1 aromatic heterocycles. The number of nitrogens with one attached hydrogen (secondary N) is 1. The van der Waals surface area contributed by atoms with Crippen LogP contribution >= 0.6 is 11.6 Å². The molecule has 2 rings (SSSR count). The van der Waals surface area contributed by atoms with E-state index in [0.29, 0.717) is 6.54 Å². The number of aliphatic hydroxyl groups is 1. The highest BCUT2D eigenvalue weighted by molar-refractivity contribution is 6.31. The lowest BCUT2D eigenvalue weighted by Gasteiger charge is -2.08. The van der Waals surface area contributed by atoms with E-state index in [0.717, 1.165) is 41.5 Å². The van der Waals surface area contributed by atoms with Gasteiger partial charge in [0.05, 0.1) is 23.0 Å². The lowest BCUT2D eigenvalue weighted by atomic mass is 10.1. The molecular weight excluding hydrogens is 286 g/mol. The highest BCUT2D eigenvalue weighted by Crippen LogP contribution is 2.21. The lowest BCUT2D eigenvalue weighted by Crippen LogP contribution is -2.16. The summed E-state index contributed by atoms with van der Waals surface area (Å²) in [6.07, 6.45) is 0.849. The molecule has 0 unspecified atom stereocenters. The van der Waals surface area contributed by atoms with E-state index in [1.165, 1.54) is 5.56 Å². The molecule has 0 bridgehead atoms. The number of aliphatic hydroxyl groups excluding tert-OH is 1. The van der Waals surface area contributed by atoms with Gasteiger partial charge in [0.15, 0.2) is 0 Å². The number of hydrogen-bond acceptors (Lipinski definition) is 3. The molecule has 5 heteroatoms. The average molecular weight is 308 g/mol. The molecule has 2 aromatic rings. The monoisotopic (exact) mass is 307 g/mol. The van der Waals surface area contributed by atoms with Crippen molar-refractivity contribution in [2.45, 2.75) is 46.5 Å². The first-order valence-corrected chi connectivity index (χ1v) is 7.70. The lowest BCUT2D eigenvalue weighted by molar-refractivity contribution is 0.282. The second kappa shape index (κ2) is 7.59. The summed E-state index contributed by atoms with van der Waals surface area (Å²) in [7, 11) is 0. The van der Waals surface area contributed by atoms with E-state index in [1.807, 2.05) is 28.9 Å². The molecule has 0 amide bonds. The second-order valence-electron chi connectivity index (χ2n) is 4.95. The van der Waals surface area contributed by atoms with Crippen molar-refractivity contribution in [1.82, 2.24) is 15.1 Å². The maximum Gasteiger partial charge on any atom is 0.0863 e. The third kappa shape index (κ3) is 3.84. The number of benzene rings is 1. The van der Waals surface area contributed by atoms with Crippen LogP contribution in [-0.2, 0) is 32.7 Å². The minimum Gasteiger partial charge on any atom is -0.392 e. The maximum atomic E-state index is 9.03. The van der Waals surface area contributed by atoms with E-state index < -0.39 is 0 Å². The molecule has 0 fully saturated rings. The molecule has 1 aromatic carbocycles. The normalized spacial score (nSPS) is 11.0. The van der Waals surface area contributed by atoms with E-state index in [4.69, 9.17) is 16.7 Å². The van der Waals surface area contributed by atoms with Gasteiger partial charge < -0.3 is 10.4 Å². The molecule has 21 heavy (non-hydrogen) atoms. The van der Waals surface area contributed by atoms with Crippen molar-refractivity contribution in [2.24, 2.45) is 0 Å². The Kier molecular flexibility index (Phi) is 5.79. The summed E-state index contributed by atoms with van der Waals surface area (Å²) in [5.74, 6) is 0. The quantitative estimate of drug-likeness (QED) is 0.827. The molecule has 0 atom stereocenters. The summed E-state index contributed by atoms with van der Waals surface area (Å²) in [6.45, 7) is 6.49. The maximum absolute atomic E-state index is 9.03. The highest BCUT2D eigenvalue weighted by Gasteiger charge is 2.13. The standard InChI is InChI=1S/C16H22ClN3O/c1-3-14-16(17)15(20(4-2)19-14)10-18-9-12-5-7-13(11-21)8-6-12/h5-8,18,21H,3-4,9-11H2,1-2H3. The number of nitrogens with zero attached hydrogens (tertiary/aromatic N) is 2. The van der Waals surface area contributed by atoms with E-state index in [9.17, 15) is 0 Å². The summed E-state index contributed by atoms with van der Waals surface area (Å²) in [5.41, 5.74) is 4.12. The zero-order valence-corrected chi connectivity index (χ0v) is 13.3.